The Morgan fingerprint density at radius 3 is 2.96 bits per heavy atom. The molecule has 2 aromatic rings. The number of esters is 1. The zero-order valence-electron chi connectivity index (χ0n) is 14.4. The van der Waals surface area contributed by atoms with Crippen LogP contribution in [0, 0.1) is 0 Å². The van der Waals surface area contributed by atoms with Crippen LogP contribution in [0.3, 0.4) is 0 Å². The average Bonchev–Trinajstić information content (AvgIpc) is 3.05. The monoisotopic (exact) mass is 362 g/mol. The summed E-state index contributed by atoms with van der Waals surface area (Å²) < 4.78 is 11.5. The van der Waals surface area contributed by atoms with Crippen molar-refractivity contribution in [3.63, 3.8) is 0 Å². The van der Waals surface area contributed by atoms with Gasteiger partial charge in [0.05, 0.1) is 25.9 Å². The van der Waals surface area contributed by atoms with Crippen molar-refractivity contribution in [1.82, 2.24) is 4.90 Å². The number of nitrogens with one attached hydrogen (secondary N) is 1. The van der Waals surface area contributed by atoms with E-state index in [4.69, 9.17) is 9.47 Å². The van der Waals surface area contributed by atoms with Crippen molar-refractivity contribution in [1.29, 1.82) is 0 Å². The van der Waals surface area contributed by atoms with E-state index in [1.165, 1.54) is 11.3 Å². The summed E-state index contributed by atoms with van der Waals surface area (Å²) in [6.45, 7) is 5.93. The van der Waals surface area contributed by atoms with Gasteiger partial charge in [0, 0.05) is 16.9 Å². The van der Waals surface area contributed by atoms with Crippen LogP contribution in [0.15, 0.2) is 24.3 Å². The first-order valence-corrected chi connectivity index (χ1v) is 9.30. The highest BCUT2D eigenvalue weighted by atomic mass is 32.1. The molecule has 1 aliphatic rings. The van der Waals surface area contributed by atoms with Crippen molar-refractivity contribution in [2.75, 3.05) is 31.7 Å². The lowest BCUT2D eigenvalue weighted by molar-refractivity contribution is 0.0144. The van der Waals surface area contributed by atoms with E-state index in [0.29, 0.717) is 36.9 Å². The number of rotatable bonds is 4. The molecule has 3 rings (SSSR count). The van der Waals surface area contributed by atoms with Gasteiger partial charge in [0.2, 0.25) is 0 Å². The van der Waals surface area contributed by atoms with E-state index in [9.17, 15) is 9.59 Å². The first-order valence-electron chi connectivity index (χ1n) is 8.48. The summed E-state index contributed by atoms with van der Waals surface area (Å²) in [5.41, 5.74) is 0.715. The van der Waals surface area contributed by atoms with Gasteiger partial charge in [0.25, 0.3) is 0 Å². The van der Waals surface area contributed by atoms with E-state index in [1.54, 1.807) is 13.0 Å². The number of benzene rings is 1. The van der Waals surface area contributed by atoms with Gasteiger partial charge in [-0.15, -0.1) is 11.3 Å². The Kier molecular flexibility index (Phi) is 5.55. The van der Waals surface area contributed by atoms with Gasteiger partial charge in [-0.25, -0.2) is 9.59 Å². The SMILES string of the molecule is CCOC(=O)c1cc2cc(NC(=O)N3CCOCC3CC)ccc2s1. The van der Waals surface area contributed by atoms with Crippen molar-refractivity contribution in [3.05, 3.63) is 29.1 Å². The third-order valence-corrected chi connectivity index (χ3v) is 5.30. The van der Waals surface area contributed by atoms with Crippen molar-refractivity contribution in [2.45, 2.75) is 26.3 Å². The number of morpholine rings is 1. The number of ether oxygens (including phenoxy) is 2. The highest BCUT2D eigenvalue weighted by Crippen LogP contribution is 2.29. The van der Waals surface area contributed by atoms with E-state index in [1.807, 2.05) is 30.0 Å². The maximum absolute atomic E-state index is 12.6. The highest BCUT2D eigenvalue weighted by Gasteiger charge is 2.26. The highest BCUT2D eigenvalue weighted by molar-refractivity contribution is 7.20. The smallest absolute Gasteiger partial charge is 0.348 e. The van der Waals surface area contributed by atoms with E-state index < -0.39 is 0 Å². The molecule has 1 aromatic carbocycles. The Labute approximate surface area is 150 Å². The van der Waals surface area contributed by atoms with Crippen LogP contribution >= 0.6 is 11.3 Å². The van der Waals surface area contributed by atoms with Gasteiger partial charge >= 0.3 is 12.0 Å². The quantitative estimate of drug-likeness (QED) is 0.842. The second-order valence-corrected chi connectivity index (χ2v) is 6.93. The number of hydrogen-bond donors (Lipinski definition) is 1. The number of urea groups is 1. The molecule has 134 valence electrons. The minimum atomic E-state index is -0.312. The number of amides is 2. The van der Waals surface area contributed by atoms with Crippen molar-refractivity contribution in [3.8, 4) is 0 Å². The largest absolute Gasteiger partial charge is 0.462 e. The summed E-state index contributed by atoms with van der Waals surface area (Å²) in [6.07, 6.45) is 0.861. The third kappa shape index (κ3) is 3.93. The van der Waals surface area contributed by atoms with Crippen molar-refractivity contribution in [2.24, 2.45) is 0 Å². The first kappa shape index (κ1) is 17.7. The molecule has 1 unspecified atom stereocenters. The van der Waals surface area contributed by atoms with Crippen molar-refractivity contribution >= 4 is 39.1 Å². The fraction of sp³-hybridized carbons (Fsp3) is 0.444. The summed E-state index contributed by atoms with van der Waals surface area (Å²) in [6, 6.07) is 7.44. The van der Waals surface area contributed by atoms with Gasteiger partial charge < -0.3 is 19.7 Å². The van der Waals surface area contributed by atoms with Gasteiger partial charge in [0.15, 0.2) is 0 Å². The summed E-state index contributed by atoms with van der Waals surface area (Å²) in [5.74, 6) is -0.312. The zero-order valence-corrected chi connectivity index (χ0v) is 15.2. The Hall–Kier alpha value is -2.12. The number of carbonyl (C=O) groups excluding carboxylic acids is 2. The lowest BCUT2D eigenvalue weighted by atomic mass is 10.2. The molecule has 1 aromatic heterocycles. The van der Waals surface area contributed by atoms with Crippen LogP contribution < -0.4 is 5.32 Å². The molecule has 2 amide bonds. The summed E-state index contributed by atoms with van der Waals surface area (Å²) in [5, 5.41) is 3.87. The first-order chi connectivity index (χ1) is 12.1. The molecule has 6 nitrogen and oxygen atoms in total. The molecule has 1 fully saturated rings. The van der Waals surface area contributed by atoms with E-state index in [-0.39, 0.29) is 18.0 Å². The number of thiophene rings is 1. The number of fused-ring (bicyclic) bond motifs is 1. The van der Waals surface area contributed by atoms with E-state index in [2.05, 4.69) is 5.32 Å². The lowest BCUT2D eigenvalue weighted by Crippen LogP contribution is -2.50. The molecular formula is C18H22N2O4S. The van der Waals surface area contributed by atoms with Gasteiger partial charge in [0.1, 0.15) is 4.88 Å². The molecule has 0 saturated carbocycles. The lowest BCUT2D eigenvalue weighted by Gasteiger charge is -2.35. The van der Waals surface area contributed by atoms with Crippen LogP contribution in [0.1, 0.15) is 29.9 Å². The fourth-order valence-electron chi connectivity index (χ4n) is 2.88. The molecule has 0 radical (unpaired) electrons. The van der Waals surface area contributed by atoms with Crippen molar-refractivity contribution < 1.29 is 19.1 Å². The van der Waals surface area contributed by atoms with Crippen LogP contribution in [0.2, 0.25) is 0 Å². The number of hydrogen-bond acceptors (Lipinski definition) is 5. The zero-order chi connectivity index (χ0) is 17.8. The molecule has 2 heterocycles. The number of nitrogens with zero attached hydrogens (tertiary/aromatic N) is 1. The van der Waals surface area contributed by atoms with Gasteiger partial charge in [-0.05, 0) is 43.0 Å². The Morgan fingerprint density at radius 2 is 2.20 bits per heavy atom. The minimum absolute atomic E-state index is 0.106. The maximum Gasteiger partial charge on any atom is 0.348 e. The molecule has 0 aliphatic carbocycles. The Morgan fingerprint density at radius 1 is 1.36 bits per heavy atom. The number of carbonyl (C=O) groups is 2. The molecule has 0 bridgehead atoms. The average molecular weight is 362 g/mol. The Bertz CT molecular complexity index is 774. The van der Waals surface area contributed by atoms with E-state index >= 15 is 0 Å². The van der Waals surface area contributed by atoms with Gasteiger partial charge in [-0.2, -0.15) is 0 Å². The van der Waals surface area contributed by atoms with Gasteiger partial charge in [-0.1, -0.05) is 6.92 Å². The molecular weight excluding hydrogens is 340 g/mol. The van der Waals surface area contributed by atoms with Crippen LogP contribution in [-0.2, 0) is 9.47 Å². The summed E-state index contributed by atoms with van der Waals surface area (Å²) in [4.78, 5) is 26.8. The maximum atomic E-state index is 12.6. The summed E-state index contributed by atoms with van der Waals surface area (Å²) >= 11 is 1.39. The molecule has 25 heavy (non-hydrogen) atoms. The van der Waals surface area contributed by atoms with Crippen LogP contribution in [0.4, 0.5) is 10.5 Å². The predicted molar refractivity (Wildman–Crippen MR) is 98.4 cm³/mol. The number of anilines is 1. The normalized spacial score (nSPS) is 17.5. The topological polar surface area (TPSA) is 67.9 Å². The Balaban J connectivity index is 1.75. The molecule has 7 heteroatoms. The third-order valence-electron chi connectivity index (χ3n) is 4.20. The van der Waals surface area contributed by atoms with Crippen LogP contribution in [0.25, 0.3) is 10.1 Å². The molecule has 1 saturated heterocycles. The minimum Gasteiger partial charge on any atom is -0.462 e. The van der Waals surface area contributed by atoms with Gasteiger partial charge in [-0.3, -0.25) is 0 Å². The molecule has 0 spiro atoms. The molecule has 1 aliphatic heterocycles. The van der Waals surface area contributed by atoms with Crippen LogP contribution in [0.5, 0.6) is 0 Å². The molecule has 1 N–H and O–H groups in total. The van der Waals surface area contributed by atoms with Crippen LogP contribution in [-0.4, -0.2) is 49.3 Å². The standard InChI is InChI=1S/C18H22N2O4S/c1-3-14-11-23-8-7-20(14)18(22)19-13-5-6-15-12(9-13)10-16(25-15)17(21)24-4-2/h5-6,9-10,14H,3-4,7-8,11H2,1-2H3,(H,19,22). The molecule has 1 atom stereocenters. The van der Waals surface area contributed by atoms with E-state index in [0.717, 1.165) is 16.5 Å². The fourth-order valence-corrected chi connectivity index (χ4v) is 3.82. The summed E-state index contributed by atoms with van der Waals surface area (Å²) in [7, 11) is 0. The second kappa shape index (κ2) is 7.84. The second-order valence-electron chi connectivity index (χ2n) is 5.84. The predicted octanol–water partition coefficient (Wildman–Crippen LogP) is 3.72.